The van der Waals surface area contributed by atoms with Gasteiger partial charge in [-0.15, -0.1) is 11.8 Å². The monoisotopic (exact) mass is 417 g/mol. The first-order chi connectivity index (χ1) is 13.0. The molecule has 0 saturated carbocycles. The summed E-state index contributed by atoms with van der Waals surface area (Å²) < 4.78 is 11.8. The lowest BCUT2D eigenvalue weighted by Gasteiger charge is -2.11. The topological polar surface area (TPSA) is 47.6 Å². The summed E-state index contributed by atoms with van der Waals surface area (Å²) >= 11 is 8.01. The fourth-order valence-electron chi connectivity index (χ4n) is 2.41. The van der Waals surface area contributed by atoms with Gasteiger partial charge in [-0.25, -0.2) is 0 Å². The SMILES string of the molecule is COc1cc(/C=C2\SC(=S)NC2=O)ccc1OCCSc1ccc(C)cc1. The molecule has 1 aliphatic rings. The first-order valence-corrected chi connectivity index (χ1v) is 10.5. The van der Waals surface area contributed by atoms with Gasteiger partial charge in [0.15, 0.2) is 11.5 Å². The Bertz CT molecular complexity index is 879. The fourth-order valence-corrected chi connectivity index (χ4v) is 4.19. The Kier molecular flexibility index (Phi) is 6.82. The fraction of sp³-hybridized carbons (Fsp3) is 0.200. The Labute approximate surface area is 172 Å². The molecule has 1 aliphatic heterocycles. The number of hydrogen-bond donors (Lipinski definition) is 1. The van der Waals surface area contributed by atoms with Crippen LogP contribution in [0.2, 0.25) is 0 Å². The third-order valence-corrected chi connectivity index (χ3v) is 5.90. The maximum Gasteiger partial charge on any atom is 0.263 e. The molecule has 0 aliphatic carbocycles. The van der Waals surface area contributed by atoms with Gasteiger partial charge in [0.2, 0.25) is 0 Å². The first kappa shape index (κ1) is 19.8. The van der Waals surface area contributed by atoms with E-state index in [2.05, 4.69) is 36.5 Å². The summed E-state index contributed by atoms with van der Waals surface area (Å²) in [6.45, 7) is 2.65. The number of methoxy groups -OCH3 is 1. The van der Waals surface area contributed by atoms with Crippen molar-refractivity contribution in [3.8, 4) is 11.5 Å². The molecule has 4 nitrogen and oxygen atoms in total. The first-order valence-electron chi connectivity index (χ1n) is 8.30. The minimum atomic E-state index is -0.169. The Morgan fingerprint density at radius 3 is 2.63 bits per heavy atom. The second kappa shape index (κ2) is 9.30. The number of hydrogen-bond acceptors (Lipinski definition) is 6. The maximum absolute atomic E-state index is 11.8. The molecular weight excluding hydrogens is 398 g/mol. The molecule has 1 saturated heterocycles. The maximum atomic E-state index is 11.8. The molecule has 0 spiro atoms. The number of ether oxygens (including phenoxy) is 2. The van der Waals surface area contributed by atoms with Crippen LogP contribution >= 0.6 is 35.7 Å². The highest BCUT2D eigenvalue weighted by Gasteiger charge is 2.22. The predicted octanol–water partition coefficient (Wildman–Crippen LogP) is 4.66. The van der Waals surface area contributed by atoms with E-state index in [-0.39, 0.29) is 5.91 Å². The van der Waals surface area contributed by atoms with Crippen LogP contribution in [0.5, 0.6) is 11.5 Å². The molecule has 2 aromatic carbocycles. The number of carbonyl (C=O) groups is 1. The average molecular weight is 418 g/mol. The van der Waals surface area contributed by atoms with Crippen LogP contribution in [0.1, 0.15) is 11.1 Å². The van der Waals surface area contributed by atoms with Gasteiger partial charge in [0.1, 0.15) is 4.32 Å². The third kappa shape index (κ3) is 5.51. The minimum Gasteiger partial charge on any atom is -0.493 e. The van der Waals surface area contributed by atoms with Gasteiger partial charge in [-0.1, -0.05) is 47.7 Å². The summed E-state index contributed by atoms with van der Waals surface area (Å²) in [5, 5.41) is 2.61. The molecule has 2 aromatic rings. The minimum absolute atomic E-state index is 0.169. The van der Waals surface area contributed by atoms with Crippen molar-refractivity contribution in [2.24, 2.45) is 0 Å². The Hall–Kier alpha value is -1.96. The number of thiocarbonyl (C=S) groups is 1. The van der Waals surface area contributed by atoms with E-state index >= 15 is 0 Å². The second-order valence-corrected chi connectivity index (χ2v) is 8.66. The van der Waals surface area contributed by atoms with Gasteiger partial charge in [-0.05, 0) is 42.8 Å². The van der Waals surface area contributed by atoms with Crippen molar-refractivity contribution < 1.29 is 14.3 Å². The number of rotatable bonds is 7. The highest BCUT2D eigenvalue weighted by molar-refractivity contribution is 8.26. The highest BCUT2D eigenvalue weighted by Crippen LogP contribution is 2.31. The van der Waals surface area contributed by atoms with Crippen LogP contribution in [0, 0.1) is 6.92 Å². The van der Waals surface area contributed by atoms with Crippen LogP contribution in [-0.2, 0) is 4.79 Å². The lowest BCUT2D eigenvalue weighted by Crippen LogP contribution is -2.17. The average Bonchev–Trinajstić information content (AvgIpc) is 2.98. The lowest BCUT2D eigenvalue weighted by molar-refractivity contribution is -0.115. The largest absolute Gasteiger partial charge is 0.493 e. The van der Waals surface area contributed by atoms with Crippen molar-refractivity contribution in [1.82, 2.24) is 5.32 Å². The van der Waals surface area contributed by atoms with Crippen LogP contribution in [0.4, 0.5) is 0 Å². The molecule has 7 heteroatoms. The zero-order valence-corrected chi connectivity index (χ0v) is 17.4. The van der Waals surface area contributed by atoms with E-state index in [1.807, 2.05) is 18.2 Å². The molecule has 3 rings (SSSR count). The van der Waals surface area contributed by atoms with Crippen molar-refractivity contribution in [2.45, 2.75) is 11.8 Å². The van der Waals surface area contributed by atoms with Gasteiger partial charge >= 0.3 is 0 Å². The van der Waals surface area contributed by atoms with Crippen LogP contribution in [0.25, 0.3) is 6.08 Å². The number of benzene rings is 2. The second-order valence-electron chi connectivity index (χ2n) is 5.77. The van der Waals surface area contributed by atoms with Crippen LogP contribution in [-0.4, -0.2) is 29.7 Å². The number of carbonyl (C=O) groups excluding carboxylic acids is 1. The molecule has 0 unspecified atom stereocenters. The molecule has 1 N–H and O–H groups in total. The quantitative estimate of drug-likeness (QED) is 0.306. The van der Waals surface area contributed by atoms with Crippen molar-refractivity contribution in [3.05, 3.63) is 58.5 Å². The zero-order chi connectivity index (χ0) is 19.2. The van der Waals surface area contributed by atoms with Crippen molar-refractivity contribution in [1.29, 1.82) is 0 Å². The summed E-state index contributed by atoms with van der Waals surface area (Å²) in [6, 6.07) is 14.1. The third-order valence-electron chi connectivity index (χ3n) is 3.76. The van der Waals surface area contributed by atoms with Crippen molar-refractivity contribution >= 4 is 52.0 Å². The van der Waals surface area contributed by atoms with E-state index in [1.165, 1.54) is 22.2 Å². The van der Waals surface area contributed by atoms with Gasteiger partial charge in [0.05, 0.1) is 18.6 Å². The molecule has 0 bridgehead atoms. The summed E-state index contributed by atoms with van der Waals surface area (Å²) in [4.78, 5) is 13.6. The highest BCUT2D eigenvalue weighted by atomic mass is 32.2. The molecule has 27 heavy (non-hydrogen) atoms. The number of amides is 1. The smallest absolute Gasteiger partial charge is 0.263 e. The molecule has 1 amide bonds. The number of thioether (sulfide) groups is 2. The van der Waals surface area contributed by atoms with E-state index in [4.69, 9.17) is 21.7 Å². The molecule has 1 heterocycles. The van der Waals surface area contributed by atoms with Gasteiger partial charge < -0.3 is 14.8 Å². The van der Waals surface area contributed by atoms with E-state index in [9.17, 15) is 4.79 Å². The molecule has 140 valence electrons. The van der Waals surface area contributed by atoms with Crippen molar-refractivity contribution in [3.63, 3.8) is 0 Å². The summed E-state index contributed by atoms with van der Waals surface area (Å²) in [6.07, 6.45) is 1.79. The summed E-state index contributed by atoms with van der Waals surface area (Å²) in [7, 11) is 1.60. The zero-order valence-electron chi connectivity index (χ0n) is 15.0. The van der Waals surface area contributed by atoms with E-state index in [0.717, 1.165) is 11.3 Å². The molecule has 0 radical (unpaired) electrons. The standard InChI is InChI=1S/C20H19NO3S3/c1-13-3-6-15(7-4-13)26-10-9-24-16-8-5-14(11-17(16)23-2)12-18-19(22)21-20(25)27-18/h3-8,11-12H,9-10H2,1-2H3,(H,21,22,25)/b18-12-. The van der Waals surface area contributed by atoms with Gasteiger partial charge in [0, 0.05) is 10.6 Å². The summed E-state index contributed by atoms with van der Waals surface area (Å²) in [5.74, 6) is 1.99. The van der Waals surface area contributed by atoms with Crippen LogP contribution in [0.15, 0.2) is 52.3 Å². The van der Waals surface area contributed by atoms with Gasteiger partial charge in [-0.2, -0.15) is 0 Å². The van der Waals surface area contributed by atoms with E-state index in [0.29, 0.717) is 27.3 Å². The molecule has 0 atom stereocenters. The van der Waals surface area contributed by atoms with Crippen LogP contribution in [0.3, 0.4) is 0 Å². The normalized spacial score (nSPS) is 15.1. The Morgan fingerprint density at radius 1 is 1.19 bits per heavy atom. The molecule has 1 fully saturated rings. The lowest BCUT2D eigenvalue weighted by atomic mass is 10.2. The van der Waals surface area contributed by atoms with Gasteiger partial charge in [0.25, 0.3) is 5.91 Å². The van der Waals surface area contributed by atoms with Crippen molar-refractivity contribution in [2.75, 3.05) is 19.5 Å². The van der Waals surface area contributed by atoms with E-state index < -0.39 is 0 Å². The van der Waals surface area contributed by atoms with Crippen LogP contribution < -0.4 is 14.8 Å². The van der Waals surface area contributed by atoms with Gasteiger partial charge in [-0.3, -0.25) is 4.79 Å². The molecule has 0 aromatic heterocycles. The Morgan fingerprint density at radius 2 is 1.96 bits per heavy atom. The Balaban J connectivity index is 1.59. The number of nitrogens with one attached hydrogen (secondary N) is 1. The predicted molar refractivity (Wildman–Crippen MR) is 117 cm³/mol. The molecular formula is C20H19NO3S3. The summed E-state index contributed by atoms with van der Waals surface area (Å²) in [5.41, 5.74) is 2.11. The number of aryl methyl sites for hydroxylation is 1. The van der Waals surface area contributed by atoms with E-state index in [1.54, 1.807) is 24.9 Å².